The van der Waals surface area contributed by atoms with Crippen LogP contribution in [0.1, 0.15) is 19.0 Å². The van der Waals surface area contributed by atoms with E-state index in [2.05, 4.69) is 36.2 Å². The fraction of sp³-hybridized carbons (Fsp3) is 0.250. The molecule has 0 bridgehead atoms. The Morgan fingerprint density at radius 3 is 2.33 bits per heavy atom. The Morgan fingerprint density at radius 2 is 1.72 bits per heavy atom. The first kappa shape index (κ1) is 14.6. The minimum absolute atomic E-state index is 1.07. The summed E-state index contributed by atoms with van der Waals surface area (Å²) >= 11 is 0. The summed E-state index contributed by atoms with van der Waals surface area (Å²) in [7, 11) is -4.67. The van der Waals surface area contributed by atoms with E-state index in [4.69, 9.17) is 17.5 Å². The minimum atomic E-state index is -4.67. The van der Waals surface area contributed by atoms with Gasteiger partial charge in [0, 0.05) is 11.1 Å². The fourth-order valence-corrected chi connectivity index (χ4v) is 1.50. The number of hydrogen-bond acceptors (Lipinski definition) is 3. The molecule has 0 saturated carbocycles. The van der Waals surface area contributed by atoms with E-state index >= 15 is 0 Å². The molecule has 2 N–H and O–H groups in total. The number of fused-ring (bicyclic) bond motifs is 1. The average molecular weight is 269 g/mol. The second-order valence-electron chi connectivity index (χ2n) is 3.69. The summed E-state index contributed by atoms with van der Waals surface area (Å²) in [5, 5.41) is 1.22. The quantitative estimate of drug-likeness (QED) is 0.818. The Kier molecular flexibility index (Phi) is 5.21. The molecule has 98 valence electrons. The van der Waals surface area contributed by atoms with Gasteiger partial charge in [-0.3, -0.25) is 14.1 Å². The van der Waals surface area contributed by atoms with Crippen molar-refractivity contribution in [1.29, 1.82) is 0 Å². The highest BCUT2D eigenvalue weighted by atomic mass is 32.3. The van der Waals surface area contributed by atoms with Crippen LogP contribution in [0.3, 0.4) is 0 Å². The molecule has 2 aromatic rings. The molecule has 1 heterocycles. The van der Waals surface area contributed by atoms with Crippen LogP contribution in [0.25, 0.3) is 10.9 Å². The molecule has 1 aromatic carbocycles. The first-order valence-corrected chi connectivity index (χ1v) is 6.84. The number of pyridine rings is 1. The highest BCUT2D eigenvalue weighted by Gasteiger charge is 1.95. The van der Waals surface area contributed by atoms with Crippen LogP contribution in [0.5, 0.6) is 0 Å². The van der Waals surface area contributed by atoms with Gasteiger partial charge >= 0.3 is 10.4 Å². The fourth-order valence-electron chi connectivity index (χ4n) is 1.50. The predicted octanol–water partition coefficient (Wildman–Crippen LogP) is 2.53. The van der Waals surface area contributed by atoms with Crippen molar-refractivity contribution >= 4 is 21.3 Å². The van der Waals surface area contributed by atoms with Crippen LogP contribution in [0.2, 0.25) is 0 Å². The molecule has 0 unspecified atom stereocenters. The van der Waals surface area contributed by atoms with Crippen molar-refractivity contribution < 1.29 is 17.5 Å². The van der Waals surface area contributed by atoms with Gasteiger partial charge in [0.05, 0.1) is 5.52 Å². The Bertz CT molecular complexity index is 602. The highest BCUT2D eigenvalue weighted by molar-refractivity contribution is 7.79. The van der Waals surface area contributed by atoms with Crippen molar-refractivity contribution in [2.75, 3.05) is 0 Å². The van der Waals surface area contributed by atoms with Gasteiger partial charge in [0.1, 0.15) is 0 Å². The van der Waals surface area contributed by atoms with Crippen molar-refractivity contribution in [3.8, 4) is 0 Å². The summed E-state index contributed by atoms with van der Waals surface area (Å²) in [6.07, 6.45) is 2.23. The number of hydrogen-bond donors (Lipinski definition) is 2. The number of nitrogens with zero attached hydrogens (tertiary/aromatic N) is 1. The summed E-state index contributed by atoms with van der Waals surface area (Å²) in [5.74, 6) is 0. The monoisotopic (exact) mass is 269 g/mol. The smallest absolute Gasteiger partial charge is 0.264 e. The Hall–Kier alpha value is -1.50. The summed E-state index contributed by atoms with van der Waals surface area (Å²) in [6.45, 7) is 2.18. The van der Waals surface area contributed by atoms with E-state index in [1.807, 2.05) is 12.1 Å². The van der Waals surface area contributed by atoms with Gasteiger partial charge in [0.15, 0.2) is 0 Å². The molecule has 0 aliphatic carbocycles. The third kappa shape index (κ3) is 5.72. The van der Waals surface area contributed by atoms with E-state index in [1.54, 1.807) is 0 Å². The molecule has 2 rings (SSSR count). The number of aromatic nitrogens is 1. The van der Waals surface area contributed by atoms with Crippen molar-refractivity contribution in [2.24, 2.45) is 0 Å². The maximum Gasteiger partial charge on any atom is 0.394 e. The van der Waals surface area contributed by atoms with Crippen LogP contribution in [-0.4, -0.2) is 22.5 Å². The van der Waals surface area contributed by atoms with Crippen LogP contribution in [0, 0.1) is 0 Å². The van der Waals surface area contributed by atoms with Crippen LogP contribution in [0.4, 0.5) is 0 Å². The van der Waals surface area contributed by atoms with E-state index < -0.39 is 10.4 Å². The topological polar surface area (TPSA) is 87.5 Å². The molecular weight excluding hydrogens is 254 g/mol. The maximum absolute atomic E-state index is 8.74. The van der Waals surface area contributed by atoms with Crippen LogP contribution in [0.15, 0.2) is 36.4 Å². The van der Waals surface area contributed by atoms with Crippen molar-refractivity contribution in [3.05, 3.63) is 42.1 Å². The average Bonchev–Trinajstić information content (AvgIpc) is 2.27. The predicted molar refractivity (Wildman–Crippen MR) is 69.9 cm³/mol. The summed E-state index contributed by atoms with van der Waals surface area (Å²) in [6, 6.07) is 12.5. The summed E-state index contributed by atoms with van der Waals surface area (Å²) in [5.41, 5.74) is 2.30. The zero-order chi connectivity index (χ0) is 13.6. The minimum Gasteiger partial charge on any atom is -0.264 e. The standard InChI is InChI=1S/C12H13N.H2O4S/c1-2-5-11-9-8-10-6-3-4-7-12(10)13-11;1-5(2,3)4/h3-4,6-9H,2,5H2,1H3;(H2,1,2,3,4). The van der Waals surface area contributed by atoms with Crippen LogP contribution in [-0.2, 0) is 16.8 Å². The molecule has 1 aromatic heterocycles. The molecule has 0 atom stereocenters. The first-order valence-electron chi connectivity index (χ1n) is 5.44. The molecule has 0 aliphatic heterocycles. The van der Waals surface area contributed by atoms with Crippen LogP contribution < -0.4 is 0 Å². The van der Waals surface area contributed by atoms with Gasteiger partial charge in [0.25, 0.3) is 0 Å². The molecule has 0 saturated heterocycles. The number of rotatable bonds is 2. The lowest BCUT2D eigenvalue weighted by Gasteiger charge is -2.00. The molecule has 0 aliphatic rings. The van der Waals surface area contributed by atoms with Gasteiger partial charge in [-0.2, -0.15) is 8.42 Å². The Morgan fingerprint density at radius 1 is 1.11 bits per heavy atom. The van der Waals surface area contributed by atoms with E-state index in [1.165, 1.54) is 11.1 Å². The van der Waals surface area contributed by atoms with Gasteiger partial charge in [-0.25, -0.2) is 0 Å². The lowest BCUT2D eigenvalue weighted by molar-refractivity contribution is 0.381. The number of aryl methyl sites for hydroxylation is 1. The SMILES string of the molecule is CCCc1ccc2ccccc2n1.O=S(=O)(O)O. The normalized spacial score (nSPS) is 10.8. The highest BCUT2D eigenvalue weighted by Crippen LogP contribution is 2.12. The maximum atomic E-state index is 8.74. The third-order valence-electron chi connectivity index (χ3n) is 2.16. The van der Waals surface area contributed by atoms with Gasteiger partial charge in [-0.05, 0) is 18.6 Å². The molecule has 6 heteroatoms. The largest absolute Gasteiger partial charge is 0.394 e. The molecule has 0 amide bonds. The second kappa shape index (κ2) is 6.44. The molecule has 0 spiro atoms. The number of benzene rings is 1. The van der Waals surface area contributed by atoms with Gasteiger partial charge in [0.2, 0.25) is 0 Å². The van der Waals surface area contributed by atoms with Crippen molar-refractivity contribution in [1.82, 2.24) is 4.98 Å². The molecular formula is C12H15NO4S. The van der Waals surface area contributed by atoms with Crippen LogP contribution >= 0.6 is 0 Å². The van der Waals surface area contributed by atoms with E-state index in [9.17, 15) is 0 Å². The van der Waals surface area contributed by atoms with E-state index in [0.29, 0.717) is 0 Å². The molecule has 0 fully saturated rings. The number of para-hydroxylation sites is 1. The summed E-state index contributed by atoms with van der Waals surface area (Å²) < 4.78 is 31.6. The molecule has 0 radical (unpaired) electrons. The van der Waals surface area contributed by atoms with Gasteiger partial charge in [-0.15, -0.1) is 0 Å². The van der Waals surface area contributed by atoms with E-state index in [0.717, 1.165) is 18.4 Å². The summed E-state index contributed by atoms with van der Waals surface area (Å²) in [4.78, 5) is 4.56. The lowest BCUT2D eigenvalue weighted by Crippen LogP contribution is -1.89. The van der Waals surface area contributed by atoms with E-state index in [-0.39, 0.29) is 0 Å². The van der Waals surface area contributed by atoms with Gasteiger partial charge < -0.3 is 0 Å². The Labute approximate surface area is 106 Å². The molecule has 18 heavy (non-hydrogen) atoms. The second-order valence-corrected chi connectivity index (χ2v) is 4.59. The molecule has 5 nitrogen and oxygen atoms in total. The zero-order valence-corrected chi connectivity index (χ0v) is 10.8. The zero-order valence-electron chi connectivity index (χ0n) is 9.94. The van der Waals surface area contributed by atoms with Crippen molar-refractivity contribution in [3.63, 3.8) is 0 Å². The first-order chi connectivity index (χ1) is 8.40. The van der Waals surface area contributed by atoms with Gasteiger partial charge in [-0.1, -0.05) is 37.6 Å². The third-order valence-corrected chi connectivity index (χ3v) is 2.16. The van der Waals surface area contributed by atoms with Crippen molar-refractivity contribution in [2.45, 2.75) is 19.8 Å². The Balaban J connectivity index is 0.000000280. The lowest BCUT2D eigenvalue weighted by atomic mass is 10.1.